The monoisotopic (exact) mass is 1050 g/mol. The second kappa shape index (κ2) is 23.8. The number of methoxy groups -OCH3 is 2. The molecule has 370 valence electrons. The average molecular weight is 1050 g/mol. The summed E-state index contributed by atoms with van der Waals surface area (Å²) in [4.78, 5) is 101. The number of pyridine rings is 1. The number of hydrogen-bond acceptors (Lipinski definition) is 17. The summed E-state index contributed by atoms with van der Waals surface area (Å²) >= 11 is 5.26. The largest absolute Gasteiger partial charge is 0.496 e. The number of rotatable bonds is 19. The van der Waals surface area contributed by atoms with E-state index in [1.807, 2.05) is 13.8 Å². The van der Waals surface area contributed by atoms with Crippen LogP contribution in [0.15, 0.2) is 132 Å². The Morgan fingerprint density at radius 2 is 1.16 bits per heavy atom. The lowest BCUT2D eigenvalue weighted by molar-refractivity contribution is 0.0392. The van der Waals surface area contributed by atoms with E-state index in [0.717, 1.165) is 20.9 Å². The van der Waals surface area contributed by atoms with Crippen LogP contribution in [0.3, 0.4) is 0 Å². The van der Waals surface area contributed by atoms with Crippen LogP contribution in [0.2, 0.25) is 0 Å². The second-order valence-corrected chi connectivity index (χ2v) is 19.9. The number of thiazole rings is 2. The van der Waals surface area contributed by atoms with Gasteiger partial charge in [0.15, 0.2) is 32.7 Å². The highest BCUT2D eigenvalue weighted by atomic mass is 32.2. The van der Waals surface area contributed by atoms with Crippen molar-refractivity contribution < 1.29 is 43.0 Å². The van der Waals surface area contributed by atoms with Gasteiger partial charge >= 0.3 is 24.0 Å². The van der Waals surface area contributed by atoms with Gasteiger partial charge < -0.3 is 29.8 Å². The number of esters is 2. The number of amides is 4. The Morgan fingerprint density at radius 3 is 1.73 bits per heavy atom. The molecule has 0 fully saturated rings. The number of carbonyl (C=O) groups excluding carboxylic acids is 6. The third kappa shape index (κ3) is 13.2. The molecule has 8 rings (SSSR count). The molecule has 4 amide bonds. The van der Waals surface area contributed by atoms with Crippen molar-refractivity contribution in [2.45, 2.75) is 36.2 Å². The van der Waals surface area contributed by atoms with Crippen LogP contribution < -0.4 is 30.7 Å². The molecule has 8 aromatic rings. The molecule has 0 aliphatic carbocycles. The molecule has 0 spiro atoms. The Morgan fingerprint density at radius 1 is 0.603 bits per heavy atom. The van der Waals surface area contributed by atoms with Gasteiger partial charge in [-0.3, -0.25) is 20.2 Å². The molecule has 0 aliphatic rings. The third-order valence-electron chi connectivity index (χ3n) is 10.5. The number of aryl methyl sites for hydroxylation is 3. The van der Waals surface area contributed by atoms with Crippen LogP contribution >= 0.6 is 46.2 Å². The Kier molecular flexibility index (Phi) is 16.7. The molecule has 0 bridgehead atoms. The van der Waals surface area contributed by atoms with E-state index in [-0.39, 0.29) is 22.8 Å². The number of imidazole rings is 1. The number of ketones is 2. The van der Waals surface area contributed by atoms with E-state index in [9.17, 15) is 28.8 Å². The lowest BCUT2D eigenvalue weighted by Gasteiger charge is -2.13. The first-order valence-corrected chi connectivity index (χ1v) is 25.6. The number of thioether (sulfide) groups is 2. The van der Waals surface area contributed by atoms with Crippen molar-refractivity contribution in [1.82, 2.24) is 24.9 Å². The Labute approximate surface area is 434 Å². The van der Waals surface area contributed by atoms with Crippen molar-refractivity contribution in [3.63, 3.8) is 0 Å². The summed E-state index contributed by atoms with van der Waals surface area (Å²) in [7, 11) is 2.98. The Bertz CT molecular complexity index is 3360. The third-order valence-corrected chi connectivity index (χ3v) is 14.4. The molecule has 4 heterocycles. The maximum Gasteiger partial charge on any atom is 0.366 e. The fourth-order valence-electron chi connectivity index (χ4n) is 6.94. The first-order valence-electron chi connectivity index (χ1n) is 22.0. The Hall–Kier alpha value is -8.18. The molecular weight excluding hydrogens is 1010 g/mol. The van der Waals surface area contributed by atoms with Gasteiger partial charge in [0.2, 0.25) is 0 Å². The van der Waals surface area contributed by atoms with Crippen molar-refractivity contribution >= 4 is 103 Å². The number of carbonyl (C=O) groups is 6. The molecule has 5 N–H and O–H groups in total. The first kappa shape index (κ1) is 51.2. The van der Waals surface area contributed by atoms with Gasteiger partial charge in [-0.05, 0) is 80.9 Å². The number of benzene rings is 4. The smallest absolute Gasteiger partial charge is 0.366 e. The van der Waals surface area contributed by atoms with E-state index in [1.165, 1.54) is 78.9 Å². The van der Waals surface area contributed by atoms with Gasteiger partial charge in [-0.25, -0.2) is 39.1 Å². The van der Waals surface area contributed by atoms with E-state index in [0.29, 0.717) is 83.5 Å². The summed E-state index contributed by atoms with van der Waals surface area (Å²) in [6, 6.07) is 26.1. The van der Waals surface area contributed by atoms with Gasteiger partial charge in [-0.2, -0.15) is 0 Å². The lowest BCUT2D eigenvalue weighted by atomic mass is 9.99. The number of aromatic amines is 1. The summed E-state index contributed by atoms with van der Waals surface area (Å²) in [6.07, 6.45) is 6.51. The molecule has 0 atom stereocenters. The topological polar surface area (TPSA) is 246 Å². The van der Waals surface area contributed by atoms with Crippen LogP contribution in [-0.4, -0.2) is 80.5 Å². The van der Waals surface area contributed by atoms with Gasteiger partial charge in [0.05, 0.1) is 47.3 Å². The van der Waals surface area contributed by atoms with E-state index in [2.05, 4.69) is 46.2 Å². The maximum atomic E-state index is 13.5. The molecular formula is C51H43N9O9S4. The molecule has 18 nitrogen and oxygen atoms in total. The lowest BCUT2D eigenvalue weighted by Crippen LogP contribution is -2.21. The van der Waals surface area contributed by atoms with Crippen molar-refractivity contribution in [3.8, 4) is 11.5 Å². The van der Waals surface area contributed by atoms with E-state index >= 15 is 0 Å². The standard InChI is InChI=1S/C51H43N9O9S4/c1-28-13-16-37(35(21-28)43(61)33-9-5-7-11-40(33)67-3)56-47(65)59-50-53-24-31(72-50)19-20-70-49-55-26-39(58-49)46(64)69-45(63)30-15-18-42(52-23-30)71-27-32-25-54-51(73-32)60-48(66)57-38-17-14-29(2)22-36(38)44(62)34-10-6-8-12-41(34)68-4/h5-18,21-26H,19-20,27H2,1-4H3,(H,55,58)(H2,53,56,59,65)(H2,54,57,60,66). The van der Waals surface area contributed by atoms with Gasteiger partial charge in [-0.15, -0.1) is 34.4 Å². The van der Waals surface area contributed by atoms with Crippen LogP contribution in [0.25, 0.3) is 0 Å². The number of ether oxygens (including phenoxy) is 3. The highest BCUT2D eigenvalue weighted by molar-refractivity contribution is 7.99. The van der Waals surface area contributed by atoms with Gasteiger partial charge in [0, 0.05) is 57.2 Å². The first-order chi connectivity index (χ1) is 35.3. The highest BCUT2D eigenvalue weighted by Gasteiger charge is 2.23. The maximum absolute atomic E-state index is 13.5. The number of urea groups is 2. The normalized spacial score (nSPS) is 10.8. The minimum Gasteiger partial charge on any atom is -0.496 e. The van der Waals surface area contributed by atoms with Gasteiger partial charge in [-0.1, -0.05) is 59.3 Å². The summed E-state index contributed by atoms with van der Waals surface area (Å²) < 4.78 is 15.8. The molecule has 0 unspecified atom stereocenters. The summed E-state index contributed by atoms with van der Waals surface area (Å²) in [5.41, 5.74) is 3.70. The summed E-state index contributed by atoms with van der Waals surface area (Å²) in [5, 5.41) is 12.7. The van der Waals surface area contributed by atoms with E-state index in [1.54, 1.807) is 103 Å². The molecule has 4 aromatic carbocycles. The van der Waals surface area contributed by atoms with Crippen molar-refractivity contribution in [2.75, 3.05) is 41.2 Å². The minimum absolute atomic E-state index is 0.0643. The van der Waals surface area contributed by atoms with E-state index in [4.69, 9.17) is 14.2 Å². The van der Waals surface area contributed by atoms with E-state index < -0.39 is 24.0 Å². The van der Waals surface area contributed by atoms with Crippen LogP contribution in [0.1, 0.15) is 73.6 Å². The van der Waals surface area contributed by atoms with Gasteiger partial charge in [0.25, 0.3) is 0 Å². The van der Waals surface area contributed by atoms with Crippen molar-refractivity contribution in [2.24, 2.45) is 0 Å². The molecule has 0 saturated heterocycles. The number of hydrogen-bond donors (Lipinski definition) is 5. The van der Waals surface area contributed by atoms with Crippen LogP contribution in [0.5, 0.6) is 11.5 Å². The average Bonchev–Trinajstić information content (AvgIpc) is 4.18. The minimum atomic E-state index is -0.936. The number of anilines is 4. The SMILES string of the molecule is COc1ccccc1C(=O)c1cc(C)ccc1NC(=O)Nc1ncc(CCSc2nc(C(=O)OC(=O)c3ccc(SCc4cnc(NC(=O)Nc5ccc(C)cc5C(=O)c5ccccc5OC)s4)nc3)c[nH]2)s1. The fourth-order valence-corrected chi connectivity index (χ4v) is 10.4. The summed E-state index contributed by atoms with van der Waals surface area (Å²) in [5.74, 6) is -0.573. The second-order valence-electron chi connectivity index (χ2n) is 15.6. The number of nitrogens with one attached hydrogen (secondary N) is 5. The van der Waals surface area contributed by atoms with Crippen LogP contribution in [0, 0.1) is 13.8 Å². The zero-order valence-corrected chi connectivity index (χ0v) is 42.5. The number of aromatic nitrogens is 5. The van der Waals surface area contributed by atoms with Crippen molar-refractivity contribution in [1.29, 1.82) is 0 Å². The summed E-state index contributed by atoms with van der Waals surface area (Å²) in [6.45, 7) is 3.71. The number of nitrogens with zero attached hydrogens (tertiary/aromatic N) is 4. The quantitative estimate of drug-likeness (QED) is 0.0219. The molecule has 0 aliphatic heterocycles. The fraction of sp³-hybridized carbons (Fsp3) is 0.137. The zero-order chi connectivity index (χ0) is 51.4. The number of H-pyrrole nitrogens is 1. The van der Waals surface area contributed by atoms with Crippen LogP contribution in [0.4, 0.5) is 31.2 Å². The molecule has 4 aromatic heterocycles. The van der Waals surface area contributed by atoms with Crippen LogP contribution in [-0.2, 0) is 16.9 Å². The predicted octanol–water partition coefficient (Wildman–Crippen LogP) is 10.7. The molecule has 0 saturated carbocycles. The zero-order valence-electron chi connectivity index (χ0n) is 39.3. The number of para-hydroxylation sites is 2. The molecule has 22 heteroatoms. The molecule has 73 heavy (non-hydrogen) atoms. The highest BCUT2D eigenvalue weighted by Crippen LogP contribution is 2.31. The van der Waals surface area contributed by atoms with Crippen molar-refractivity contribution in [3.05, 3.63) is 176 Å². The predicted molar refractivity (Wildman–Crippen MR) is 281 cm³/mol. The van der Waals surface area contributed by atoms with Gasteiger partial charge in [0.1, 0.15) is 11.5 Å². The Balaban J connectivity index is 0.758. The molecule has 0 radical (unpaired) electrons.